The van der Waals surface area contributed by atoms with E-state index in [4.69, 9.17) is 0 Å². The first-order valence-corrected chi connectivity index (χ1v) is 9.61. The molecule has 2 aromatic rings. The van der Waals surface area contributed by atoms with Gasteiger partial charge in [0.15, 0.2) is 0 Å². The minimum absolute atomic E-state index is 0.254. The minimum atomic E-state index is -1.32. The first kappa shape index (κ1) is 19.1. The van der Waals surface area contributed by atoms with E-state index in [1.807, 2.05) is 30.3 Å². The lowest BCUT2D eigenvalue weighted by atomic mass is 9.92. The van der Waals surface area contributed by atoms with Crippen LogP contribution in [0.5, 0.6) is 0 Å². The fourth-order valence-electron chi connectivity index (χ4n) is 4.04. The highest BCUT2D eigenvalue weighted by atomic mass is 19.1. The van der Waals surface area contributed by atoms with Crippen molar-refractivity contribution in [2.75, 3.05) is 19.6 Å². The summed E-state index contributed by atoms with van der Waals surface area (Å²) in [5, 5.41) is 2.64. The predicted molar refractivity (Wildman–Crippen MR) is 104 cm³/mol. The summed E-state index contributed by atoms with van der Waals surface area (Å²) < 4.78 is 13.2. The summed E-state index contributed by atoms with van der Waals surface area (Å²) in [6.45, 7) is 2.42. The van der Waals surface area contributed by atoms with E-state index in [1.54, 1.807) is 11.8 Å². The van der Waals surface area contributed by atoms with Crippen LogP contribution in [0.4, 0.5) is 9.18 Å². The van der Waals surface area contributed by atoms with Gasteiger partial charge in [0.25, 0.3) is 5.91 Å². The van der Waals surface area contributed by atoms with E-state index in [9.17, 15) is 18.8 Å². The quantitative estimate of drug-likeness (QED) is 0.809. The zero-order valence-corrected chi connectivity index (χ0v) is 16.1. The van der Waals surface area contributed by atoms with Crippen molar-refractivity contribution in [1.82, 2.24) is 15.1 Å². The number of carbonyl (C=O) groups is 3. The molecular formula is C22H22FN3O3. The highest BCUT2D eigenvalue weighted by Gasteiger charge is 2.49. The van der Waals surface area contributed by atoms with E-state index in [1.165, 1.54) is 29.8 Å². The van der Waals surface area contributed by atoms with E-state index >= 15 is 0 Å². The van der Waals surface area contributed by atoms with Crippen molar-refractivity contribution in [3.63, 3.8) is 0 Å². The van der Waals surface area contributed by atoms with Gasteiger partial charge in [0.1, 0.15) is 17.9 Å². The second-order valence-electron chi connectivity index (χ2n) is 7.69. The van der Waals surface area contributed by atoms with Crippen LogP contribution in [0.25, 0.3) is 0 Å². The molecule has 0 spiro atoms. The minimum Gasteiger partial charge on any atom is -0.341 e. The molecule has 0 radical (unpaired) electrons. The summed E-state index contributed by atoms with van der Waals surface area (Å²) in [6, 6.07) is 14.8. The van der Waals surface area contributed by atoms with E-state index in [-0.39, 0.29) is 18.4 Å². The largest absolute Gasteiger partial charge is 0.341 e. The number of benzene rings is 2. The van der Waals surface area contributed by atoms with Crippen molar-refractivity contribution in [3.8, 4) is 0 Å². The van der Waals surface area contributed by atoms with Gasteiger partial charge in [-0.2, -0.15) is 0 Å². The molecule has 2 fully saturated rings. The molecule has 0 unspecified atom stereocenters. The maximum absolute atomic E-state index is 13.2. The molecular weight excluding hydrogens is 373 g/mol. The maximum atomic E-state index is 13.2. The van der Waals surface area contributed by atoms with Gasteiger partial charge in [0, 0.05) is 19.0 Å². The van der Waals surface area contributed by atoms with Gasteiger partial charge in [-0.3, -0.25) is 14.5 Å². The first-order chi connectivity index (χ1) is 13.9. The van der Waals surface area contributed by atoms with Crippen LogP contribution < -0.4 is 5.32 Å². The number of rotatable bonds is 4. The van der Waals surface area contributed by atoms with Crippen molar-refractivity contribution in [2.24, 2.45) is 0 Å². The number of imide groups is 1. The second-order valence-corrected chi connectivity index (χ2v) is 7.69. The molecule has 150 valence electrons. The highest BCUT2D eigenvalue weighted by Crippen LogP contribution is 2.30. The van der Waals surface area contributed by atoms with Crippen molar-refractivity contribution < 1.29 is 18.8 Å². The van der Waals surface area contributed by atoms with E-state index < -0.39 is 23.3 Å². The van der Waals surface area contributed by atoms with Gasteiger partial charge in [0.05, 0.1) is 0 Å². The number of nitrogens with zero attached hydrogens (tertiary/aromatic N) is 2. The third kappa shape index (κ3) is 3.48. The molecule has 2 aliphatic rings. The zero-order valence-electron chi connectivity index (χ0n) is 16.1. The van der Waals surface area contributed by atoms with Crippen LogP contribution in [-0.4, -0.2) is 47.3 Å². The number of carbonyl (C=O) groups excluding carboxylic acids is 3. The van der Waals surface area contributed by atoms with E-state index in [0.717, 1.165) is 11.3 Å². The molecule has 0 saturated carbocycles. The van der Waals surface area contributed by atoms with Gasteiger partial charge in [-0.05, 0) is 36.6 Å². The highest BCUT2D eigenvalue weighted by molar-refractivity contribution is 6.09. The number of amides is 4. The summed E-state index contributed by atoms with van der Waals surface area (Å²) in [5.74, 6) is -0.938. The molecule has 29 heavy (non-hydrogen) atoms. The lowest BCUT2D eigenvalue weighted by Gasteiger charge is -2.23. The lowest BCUT2D eigenvalue weighted by Crippen LogP contribution is -2.44. The fraction of sp³-hybridized carbons (Fsp3) is 0.318. The van der Waals surface area contributed by atoms with Crippen molar-refractivity contribution in [3.05, 3.63) is 71.5 Å². The molecule has 6 nitrogen and oxygen atoms in total. The number of hydrogen-bond donors (Lipinski definition) is 1. The lowest BCUT2D eigenvalue weighted by molar-refractivity contribution is -0.138. The Hall–Kier alpha value is -3.22. The number of hydrogen-bond acceptors (Lipinski definition) is 3. The standard InChI is InChI=1S/C22H22FN3O3/c1-22(17-7-9-18(23)10-8-17)20(28)26(21(29)24-22)14-19(27)25-12-11-16(13-25)15-5-3-2-4-6-15/h2-10,16H,11-14H2,1H3,(H,24,29)/t16-,22-/m0/s1. The van der Waals surface area contributed by atoms with Crippen LogP contribution in [0, 0.1) is 5.82 Å². The normalized spacial score (nSPS) is 24.1. The number of halogens is 1. The maximum Gasteiger partial charge on any atom is 0.325 e. The molecule has 7 heteroatoms. The Morgan fingerprint density at radius 1 is 1.14 bits per heavy atom. The second kappa shape index (κ2) is 7.31. The van der Waals surface area contributed by atoms with Crippen molar-refractivity contribution >= 4 is 17.8 Å². The Kier molecular flexibility index (Phi) is 4.82. The molecule has 1 N–H and O–H groups in total. The average molecular weight is 395 g/mol. The number of urea groups is 1. The van der Waals surface area contributed by atoms with Crippen LogP contribution in [0.1, 0.15) is 30.4 Å². The topological polar surface area (TPSA) is 69.7 Å². The molecule has 0 aromatic heterocycles. The molecule has 4 amide bonds. The number of likely N-dealkylation sites (tertiary alicyclic amines) is 1. The third-order valence-electron chi connectivity index (χ3n) is 5.80. The summed E-state index contributed by atoms with van der Waals surface area (Å²) in [7, 11) is 0. The van der Waals surface area contributed by atoms with Gasteiger partial charge in [-0.1, -0.05) is 42.5 Å². The molecule has 2 aromatic carbocycles. The molecule has 0 aliphatic carbocycles. The SMILES string of the molecule is C[C@@]1(c2ccc(F)cc2)NC(=O)N(CC(=O)N2CC[C@H](c3ccccc3)C2)C1=O. The van der Waals surface area contributed by atoms with Crippen LogP contribution in [0.3, 0.4) is 0 Å². The molecule has 2 atom stereocenters. The average Bonchev–Trinajstić information content (AvgIpc) is 3.29. The van der Waals surface area contributed by atoms with Crippen molar-refractivity contribution in [1.29, 1.82) is 0 Å². The van der Waals surface area contributed by atoms with Crippen LogP contribution in [-0.2, 0) is 15.1 Å². The summed E-state index contributed by atoms with van der Waals surface area (Å²) in [4.78, 5) is 40.8. The van der Waals surface area contributed by atoms with Gasteiger partial charge in [-0.15, -0.1) is 0 Å². The van der Waals surface area contributed by atoms with Gasteiger partial charge in [0.2, 0.25) is 5.91 Å². The first-order valence-electron chi connectivity index (χ1n) is 9.61. The molecule has 2 saturated heterocycles. The zero-order chi connectivity index (χ0) is 20.6. The Bertz CT molecular complexity index is 948. The Balaban J connectivity index is 1.44. The summed E-state index contributed by atoms with van der Waals surface area (Å²) in [6.07, 6.45) is 0.850. The van der Waals surface area contributed by atoms with Crippen LogP contribution in [0.15, 0.2) is 54.6 Å². The Labute approximate surface area is 168 Å². The van der Waals surface area contributed by atoms with Gasteiger partial charge in [-0.25, -0.2) is 9.18 Å². The summed E-state index contributed by atoms with van der Waals surface area (Å²) >= 11 is 0. The Morgan fingerprint density at radius 3 is 2.52 bits per heavy atom. The van der Waals surface area contributed by atoms with Gasteiger partial charge < -0.3 is 10.2 Å². The van der Waals surface area contributed by atoms with Crippen LogP contribution in [0.2, 0.25) is 0 Å². The third-order valence-corrected chi connectivity index (χ3v) is 5.80. The smallest absolute Gasteiger partial charge is 0.325 e. The molecule has 0 bridgehead atoms. The predicted octanol–water partition coefficient (Wildman–Crippen LogP) is 2.61. The fourth-order valence-corrected chi connectivity index (χ4v) is 4.04. The van der Waals surface area contributed by atoms with E-state index in [0.29, 0.717) is 18.7 Å². The summed E-state index contributed by atoms with van der Waals surface area (Å²) in [5.41, 5.74) is 0.335. The number of nitrogens with one attached hydrogen (secondary N) is 1. The Morgan fingerprint density at radius 2 is 1.83 bits per heavy atom. The van der Waals surface area contributed by atoms with Gasteiger partial charge >= 0.3 is 6.03 Å². The van der Waals surface area contributed by atoms with Crippen LogP contribution >= 0.6 is 0 Å². The molecule has 4 rings (SSSR count). The van der Waals surface area contributed by atoms with Crippen molar-refractivity contribution in [2.45, 2.75) is 24.8 Å². The molecule has 2 heterocycles. The molecule has 2 aliphatic heterocycles. The monoisotopic (exact) mass is 395 g/mol. The van der Waals surface area contributed by atoms with E-state index in [2.05, 4.69) is 5.32 Å².